The van der Waals surface area contributed by atoms with Gasteiger partial charge in [0.25, 0.3) is 0 Å². The van der Waals surface area contributed by atoms with Crippen LogP contribution in [0.3, 0.4) is 0 Å². The summed E-state index contributed by atoms with van der Waals surface area (Å²) in [7, 11) is 1.76. The second kappa shape index (κ2) is 6.42. The number of nitrogens with one attached hydrogen (secondary N) is 2. The third-order valence-corrected chi connectivity index (χ3v) is 4.80. The van der Waals surface area contributed by atoms with E-state index in [1.807, 2.05) is 0 Å². The maximum absolute atomic E-state index is 12.2. The highest BCUT2D eigenvalue weighted by atomic mass is 35.5. The van der Waals surface area contributed by atoms with Crippen molar-refractivity contribution in [1.29, 1.82) is 0 Å². The van der Waals surface area contributed by atoms with Crippen LogP contribution in [0.2, 0.25) is 0 Å². The van der Waals surface area contributed by atoms with E-state index in [-0.39, 0.29) is 41.8 Å². The van der Waals surface area contributed by atoms with Crippen LogP contribution in [0.5, 0.6) is 0 Å². The van der Waals surface area contributed by atoms with Crippen molar-refractivity contribution in [2.75, 3.05) is 20.2 Å². The van der Waals surface area contributed by atoms with E-state index in [1.165, 1.54) is 0 Å². The summed E-state index contributed by atoms with van der Waals surface area (Å²) in [5, 5.41) is 6.54. The van der Waals surface area contributed by atoms with Gasteiger partial charge in [0.15, 0.2) is 0 Å². The van der Waals surface area contributed by atoms with Crippen molar-refractivity contribution in [1.82, 2.24) is 10.6 Å². The molecule has 0 aromatic heterocycles. The molecule has 5 heteroatoms. The molecule has 0 aromatic carbocycles. The molecule has 0 bridgehead atoms. The average Bonchev–Trinajstić information content (AvgIpc) is 2.37. The molecular weight excluding hydrogens is 264 g/mol. The van der Waals surface area contributed by atoms with E-state index in [0.29, 0.717) is 5.92 Å². The molecule has 2 fully saturated rings. The van der Waals surface area contributed by atoms with Crippen LogP contribution < -0.4 is 10.6 Å². The van der Waals surface area contributed by atoms with E-state index >= 15 is 0 Å². The van der Waals surface area contributed by atoms with Crippen LogP contribution in [-0.4, -0.2) is 38.3 Å². The summed E-state index contributed by atoms with van der Waals surface area (Å²) in [6.07, 6.45) is 2.16. The smallest absolute Gasteiger partial charge is 0.223 e. The van der Waals surface area contributed by atoms with Crippen molar-refractivity contribution < 1.29 is 9.53 Å². The van der Waals surface area contributed by atoms with E-state index in [2.05, 4.69) is 31.4 Å². The Hall–Kier alpha value is -0.320. The first kappa shape index (κ1) is 16.7. The molecule has 2 rings (SSSR count). The summed E-state index contributed by atoms with van der Waals surface area (Å²) in [5.41, 5.74) is 0.0384. The first-order valence-electron chi connectivity index (χ1n) is 7.02. The van der Waals surface area contributed by atoms with E-state index in [0.717, 1.165) is 25.9 Å². The molecule has 4 nitrogen and oxygen atoms in total. The average molecular weight is 291 g/mol. The van der Waals surface area contributed by atoms with Crippen LogP contribution in [-0.2, 0) is 9.53 Å². The van der Waals surface area contributed by atoms with Crippen molar-refractivity contribution in [3.05, 3.63) is 0 Å². The highest BCUT2D eigenvalue weighted by molar-refractivity contribution is 5.85. The Morgan fingerprint density at radius 3 is 2.37 bits per heavy atom. The number of rotatable bonds is 3. The number of piperidine rings is 1. The molecule has 1 saturated heterocycles. The lowest BCUT2D eigenvalue weighted by Crippen LogP contribution is -2.68. The number of amides is 1. The molecule has 0 spiro atoms. The maximum atomic E-state index is 12.2. The molecule has 0 aromatic rings. The van der Waals surface area contributed by atoms with Gasteiger partial charge in [-0.1, -0.05) is 20.8 Å². The molecule has 1 amide bonds. The molecule has 1 saturated carbocycles. The van der Waals surface area contributed by atoms with Crippen LogP contribution in [0.1, 0.15) is 33.6 Å². The normalized spacial score (nSPS) is 34.0. The van der Waals surface area contributed by atoms with Crippen molar-refractivity contribution in [2.24, 2.45) is 17.3 Å². The predicted octanol–water partition coefficient (Wildman–Crippen LogP) is 1.58. The topological polar surface area (TPSA) is 50.4 Å². The van der Waals surface area contributed by atoms with Gasteiger partial charge < -0.3 is 15.4 Å². The van der Waals surface area contributed by atoms with Gasteiger partial charge in [-0.15, -0.1) is 12.4 Å². The number of carbonyl (C=O) groups excluding carboxylic acids is 1. The van der Waals surface area contributed by atoms with Gasteiger partial charge in [0.2, 0.25) is 5.91 Å². The predicted molar refractivity (Wildman–Crippen MR) is 78.5 cm³/mol. The third-order valence-electron chi connectivity index (χ3n) is 4.80. The minimum Gasteiger partial charge on any atom is -0.380 e. The summed E-state index contributed by atoms with van der Waals surface area (Å²) in [4.78, 5) is 12.2. The minimum atomic E-state index is 0. The van der Waals surface area contributed by atoms with Crippen LogP contribution in [0, 0.1) is 17.3 Å². The molecule has 0 radical (unpaired) electrons. The minimum absolute atomic E-state index is 0. The van der Waals surface area contributed by atoms with Crippen molar-refractivity contribution in [3.8, 4) is 0 Å². The van der Waals surface area contributed by atoms with Gasteiger partial charge in [0, 0.05) is 30.4 Å². The van der Waals surface area contributed by atoms with Crippen molar-refractivity contribution in [3.63, 3.8) is 0 Å². The molecule has 2 N–H and O–H groups in total. The van der Waals surface area contributed by atoms with Gasteiger partial charge in [-0.05, 0) is 25.9 Å². The summed E-state index contributed by atoms with van der Waals surface area (Å²) < 4.78 is 5.51. The second-order valence-corrected chi connectivity index (χ2v) is 6.35. The fourth-order valence-corrected chi connectivity index (χ4v) is 3.78. The fraction of sp³-hybridized carbons (Fsp3) is 0.929. The standard InChI is InChI=1S/C14H26N2O2.ClH/c1-9-11(14(2,3)12(9)18-4)16-13(17)10-5-7-15-8-6-10;/h9-12,15H,5-8H2,1-4H3,(H,16,17);1H. The lowest BCUT2D eigenvalue weighted by atomic mass is 9.57. The van der Waals surface area contributed by atoms with Crippen LogP contribution in [0.25, 0.3) is 0 Å². The Morgan fingerprint density at radius 1 is 1.32 bits per heavy atom. The van der Waals surface area contributed by atoms with Crippen LogP contribution in [0.4, 0.5) is 0 Å². The Balaban J connectivity index is 0.00000180. The quantitative estimate of drug-likeness (QED) is 0.830. The number of hydrogen-bond acceptors (Lipinski definition) is 3. The Kier molecular flexibility index (Phi) is 5.65. The van der Waals surface area contributed by atoms with Crippen molar-refractivity contribution in [2.45, 2.75) is 45.8 Å². The molecule has 2 aliphatic rings. The van der Waals surface area contributed by atoms with Gasteiger partial charge in [-0.25, -0.2) is 0 Å². The zero-order valence-corrected chi connectivity index (χ0v) is 13.2. The Labute approximate surface area is 122 Å². The number of halogens is 1. The number of hydrogen-bond donors (Lipinski definition) is 2. The van der Waals surface area contributed by atoms with Gasteiger partial charge in [-0.3, -0.25) is 4.79 Å². The van der Waals surface area contributed by atoms with Gasteiger partial charge in [0.1, 0.15) is 0 Å². The lowest BCUT2D eigenvalue weighted by Gasteiger charge is -2.56. The SMILES string of the molecule is COC1C(C)C(NC(=O)C2CCNCC2)C1(C)C.Cl. The zero-order valence-electron chi connectivity index (χ0n) is 12.4. The van der Waals surface area contributed by atoms with Gasteiger partial charge in [-0.2, -0.15) is 0 Å². The van der Waals surface area contributed by atoms with Crippen molar-refractivity contribution >= 4 is 18.3 Å². The van der Waals surface area contributed by atoms with E-state index in [4.69, 9.17) is 4.74 Å². The molecule has 1 aliphatic heterocycles. The number of methoxy groups -OCH3 is 1. The zero-order chi connectivity index (χ0) is 13.3. The molecule has 1 aliphatic carbocycles. The lowest BCUT2D eigenvalue weighted by molar-refractivity contribution is -0.156. The summed E-state index contributed by atoms with van der Waals surface area (Å²) >= 11 is 0. The van der Waals surface area contributed by atoms with E-state index in [9.17, 15) is 4.79 Å². The highest BCUT2D eigenvalue weighted by Crippen LogP contribution is 2.47. The van der Waals surface area contributed by atoms with E-state index in [1.54, 1.807) is 7.11 Å². The monoisotopic (exact) mass is 290 g/mol. The molecular formula is C14H27ClN2O2. The molecule has 3 unspecified atom stereocenters. The maximum Gasteiger partial charge on any atom is 0.223 e. The second-order valence-electron chi connectivity index (χ2n) is 6.35. The Morgan fingerprint density at radius 2 is 1.89 bits per heavy atom. The largest absolute Gasteiger partial charge is 0.380 e. The highest BCUT2D eigenvalue weighted by Gasteiger charge is 2.55. The van der Waals surface area contributed by atoms with Crippen LogP contribution >= 0.6 is 12.4 Å². The summed E-state index contributed by atoms with van der Waals surface area (Å²) in [5.74, 6) is 0.822. The first-order valence-corrected chi connectivity index (χ1v) is 7.02. The fourth-order valence-electron chi connectivity index (χ4n) is 3.78. The number of carbonyl (C=O) groups is 1. The molecule has 1 heterocycles. The third kappa shape index (κ3) is 3.06. The van der Waals surface area contributed by atoms with Gasteiger partial charge >= 0.3 is 0 Å². The van der Waals surface area contributed by atoms with E-state index < -0.39 is 0 Å². The molecule has 19 heavy (non-hydrogen) atoms. The molecule has 3 atom stereocenters. The van der Waals surface area contributed by atoms with Gasteiger partial charge in [0.05, 0.1) is 6.10 Å². The summed E-state index contributed by atoms with van der Waals surface area (Å²) in [6.45, 7) is 8.43. The Bertz CT molecular complexity index is 317. The number of ether oxygens (including phenoxy) is 1. The first-order chi connectivity index (χ1) is 8.48. The summed E-state index contributed by atoms with van der Waals surface area (Å²) in [6, 6.07) is 0.241. The molecule has 112 valence electrons. The van der Waals surface area contributed by atoms with Crippen LogP contribution in [0.15, 0.2) is 0 Å².